The Morgan fingerprint density at radius 2 is 0.470 bits per heavy atom. The van der Waals surface area contributed by atoms with E-state index in [4.69, 9.17) is 9.47 Å². The van der Waals surface area contributed by atoms with E-state index < -0.39 is 10.8 Å². The van der Waals surface area contributed by atoms with Gasteiger partial charge >= 0.3 is 0 Å². The summed E-state index contributed by atoms with van der Waals surface area (Å²) in [6, 6.07) is 139. The van der Waals surface area contributed by atoms with E-state index in [9.17, 15) is 0 Å². The molecule has 466 valence electrons. The van der Waals surface area contributed by atoms with Crippen LogP contribution in [0.3, 0.4) is 0 Å². The minimum absolute atomic E-state index is 0.731. The molecule has 0 fully saturated rings. The lowest BCUT2D eigenvalue weighted by molar-refractivity contribution is 0.436. The van der Waals surface area contributed by atoms with Gasteiger partial charge in [0, 0.05) is 33.4 Å². The van der Waals surface area contributed by atoms with Gasteiger partial charge in [0.25, 0.3) is 0 Å². The number of ether oxygens (including phenoxy) is 2. The van der Waals surface area contributed by atoms with Gasteiger partial charge in [-0.2, -0.15) is 0 Å². The summed E-state index contributed by atoms with van der Waals surface area (Å²) in [5, 5.41) is 14.0. The largest absolute Gasteiger partial charge is 0.456 e. The van der Waals surface area contributed by atoms with Gasteiger partial charge in [0.15, 0.2) is 0 Å². The molecule has 0 unspecified atom stereocenters. The molecule has 2 heteroatoms. The molecule has 2 aliphatic heterocycles. The van der Waals surface area contributed by atoms with Crippen molar-refractivity contribution in [2.75, 3.05) is 0 Å². The highest BCUT2D eigenvalue weighted by Crippen LogP contribution is 2.61. The smallest absolute Gasteiger partial charge is 0.140 e. The molecule has 100 heavy (non-hydrogen) atoms. The molecule has 2 nitrogen and oxygen atoms in total. The zero-order chi connectivity index (χ0) is 65.9. The van der Waals surface area contributed by atoms with E-state index in [-0.39, 0.29) is 0 Å². The molecule has 20 rings (SSSR count). The Kier molecular flexibility index (Phi) is 13.1. The molecule has 0 atom stereocenters. The minimum Gasteiger partial charge on any atom is -0.456 e. The molecule has 0 amide bonds. The van der Waals surface area contributed by atoms with Gasteiger partial charge in [-0.05, 0) is 168 Å². The van der Waals surface area contributed by atoms with Crippen molar-refractivity contribution < 1.29 is 9.47 Å². The number of fused-ring (bicyclic) bond motifs is 10. The molecule has 0 N–H and O–H groups in total. The van der Waals surface area contributed by atoms with Crippen molar-refractivity contribution >= 4 is 64.6 Å². The van der Waals surface area contributed by atoms with Crippen LogP contribution in [0.5, 0.6) is 23.0 Å². The fraction of sp³-hybridized carbons (Fsp3) is 0.0204. The van der Waals surface area contributed by atoms with Crippen molar-refractivity contribution in [2.24, 2.45) is 0 Å². The normalized spacial score (nSPS) is 13.3. The number of benzene rings is 18. The third kappa shape index (κ3) is 8.57. The van der Waals surface area contributed by atoms with Crippen molar-refractivity contribution in [1.82, 2.24) is 0 Å². The van der Waals surface area contributed by atoms with E-state index in [1.807, 2.05) is 0 Å². The standard InChI is InChI=1S/C98H62O2/c1-5-31-69(32-6-1)97(70-33-7-2-8-34-70)87-49-17-19-53-91(87)99-95-81(47-25-51-89(95)97)75-41-23-45-79-85(75)62-86-76(82-48-26-52-90-96(82)100-92-54-20-18-50-88(92)98(90,71-35-9-3-10-36-71)72-37-11-4-12-38-72)42-24-46-80(86)94(79)93-77-43-21-39-73(67-57-55-63-27-13-15-29-65(63)59-67)83(77)61-84-74(40-22-44-78(84)93)68-58-56-64-28-14-16-30-66(64)60-68/h1-62H. The average Bonchev–Trinajstić information content (AvgIpc) is 0.708. The lowest BCUT2D eigenvalue weighted by atomic mass is 9.63. The first-order valence-electron chi connectivity index (χ1n) is 34.6. The highest BCUT2D eigenvalue weighted by atomic mass is 16.5. The van der Waals surface area contributed by atoms with Crippen molar-refractivity contribution in [1.29, 1.82) is 0 Å². The lowest BCUT2D eigenvalue weighted by Crippen LogP contribution is -2.34. The van der Waals surface area contributed by atoms with Crippen LogP contribution >= 0.6 is 0 Å². The van der Waals surface area contributed by atoms with Gasteiger partial charge < -0.3 is 9.47 Å². The topological polar surface area (TPSA) is 18.5 Å². The second-order valence-electron chi connectivity index (χ2n) is 26.8. The van der Waals surface area contributed by atoms with Crippen molar-refractivity contribution in [3.8, 4) is 78.6 Å². The third-order valence-electron chi connectivity index (χ3n) is 21.7. The molecule has 18 aromatic rings. The van der Waals surface area contributed by atoms with Crippen molar-refractivity contribution in [2.45, 2.75) is 10.8 Å². The van der Waals surface area contributed by atoms with Gasteiger partial charge in [-0.25, -0.2) is 0 Å². The molecule has 0 saturated carbocycles. The molecular weight excluding hydrogens is 1210 g/mol. The molecule has 2 aliphatic rings. The third-order valence-corrected chi connectivity index (χ3v) is 21.7. The maximum Gasteiger partial charge on any atom is 0.140 e. The van der Waals surface area contributed by atoms with E-state index in [0.29, 0.717) is 0 Å². The fourth-order valence-electron chi connectivity index (χ4n) is 17.4. The first kappa shape index (κ1) is 57.4. The van der Waals surface area contributed by atoms with Crippen molar-refractivity contribution in [3.05, 3.63) is 421 Å². The summed E-state index contributed by atoms with van der Waals surface area (Å²) in [6.07, 6.45) is 0. The van der Waals surface area contributed by atoms with Gasteiger partial charge in [0.1, 0.15) is 23.0 Å². The second-order valence-corrected chi connectivity index (χ2v) is 26.8. The van der Waals surface area contributed by atoms with Crippen LogP contribution in [0.25, 0.3) is 120 Å². The van der Waals surface area contributed by atoms with Crippen LogP contribution < -0.4 is 9.47 Å². The molecule has 0 bridgehead atoms. The first-order chi connectivity index (χ1) is 49.6. The van der Waals surface area contributed by atoms with Gasteiger partial charge in [-0.3, -0.25) is 0 Å². The zero-order valence-corrected chi connectivity index (χ0v) is 54.6. The SMILES string of the molecule is c1ccc(C2(c3ccccc3)c3ccccc3Oc3c(-c4cccc5c(-c6c7cccc(-c8ccc9ccccc9c8)c7cc7c(-c8ccc9ccccc9c8)cccc67)c6cccc(-c7cccc8c7Oc7ccccc7C8(c7ccccc7)c7ccccc7)c6cc45)cccc32)cc1. The van der Waals surface area contributed by atoms with Gasteiger partial charge in [-0.15, -0.1) is 0 Å². The van der Waals surface area contributed by atoms with Crippen LogP contribution in [0.4, 0.5) is 0 Å². The molecule has 0 radical (unpaired) electrons. The first-order valence-corrected chi connectivity index (χ1v) is 34.6. The maximum absolute atomic E-state index is 7.55. The molecule has 0 spiro atoms. The summed E-state index contributed by atoms with van der Waals surface area (Å²) in [4.78, 5) is 0. The van der Waals surface area contributed by atoms with E-state index in [1.54, 1.807) is 0 Å². The molecule has 0 aromatic heterocycles. The molecule has 0 saturated heterocycles. The summed E-state index contributed by atoms with van der Waals surface area (Å²) < 4.78 is 15.1. The van der Waals surface area contributed by atoms with Crippen LogP contribution in [-0.4, -0.2) is 0 Å². The Labute approximate surface area is 580 Å². The van der Waals surface area contributed by atoms with Crippen LogP contribution in [0.2, 0.25) is 0 Å². The van der Waals surface area contributed by atoms with E-state index in [2.05, 4.69) is 376 Å². The lowest BCUT2D eigenvalue weighted by Gasteiger charge is -2.42. The Hall–Kier alpha value is -12.9. The van der Waals surface area contributed by atoms with Gasteiger partial charge in [0.2, 0.25) is 0 Å². The summed E-state index contributed by atoms with van der Waals surface area (Å²) in [6.45, 7) is 0. The average molecular weight is 1270 g/mol. The predicted octanol–water partition coefficient (Wildman–Crippen LogP) is 25.9. The summed E-state index contributed by atoms with van der Waals surface area (Å²) >= 11 is 0. The predicted molar refractivity (Wildman–Crippen MR) is 415 cm³/mol. The Morgan fingerprint density at radius 3 is 0.850 bits per heavy atom. The van der Waals surface area contributed by atoms with E-state index in [0.717, 1.165) is 94.6 Å². The Bertz CT molecular complexity index is 5870. The number of hydrogen-bond donors (Lipinski definition) is 0. The van der Waals surface area contributed by atoms with Crippen LogP contribution in [0.1, 0.15) is 44.5 Å². The second kappa shape index (κ2) is 22.9. The molecular formula is C98H62O2. The fourth-order valence-corrected chi connectivity index (χ4v) is 17.4. The van der Waals surface area contributed by atoms with Crippen LogP contribution in [0.15, 0.2) is 376 Å². The zero-order valence-electron chi connectivity index (χ0n) is 54.6. The number of para-hydroxylation sites is 4. The highest BCUT2D eigenvalue weighted by molar-refractivity contribution is 6.28. The van der Waals surface area contributed by atoms with Gasteiger partial charge in [-0.1, -0.05) is 340 Å². The molecule has 2 heterocycles. The molecule has 0 aliphatic carbocycles. The number of rotatable bonds is 9. The quantitative estimate of drug-likeness (QED) is 0.134. The Morgan fingerprint density at radius 1 is 0.180 bits per heavy atom. The van der Waals surface area contributed by atoms with Crippen LogP contribution in [-0.2, 0) is 10.8 Å². The monoisotopic (exact) mass is 1270 g/mol. The van der Waals surface area contributed by atoms with E-state index >= 15 is 0 Å². The van der Waals surface area contributed by atoms with E-state index in [1.165, 1.54) is 93.2 Å². The summed E-state index contributed by atoms with van der Waals surface area (Å²) in [5.41, 5.74) is 18.7. The Balaban J connectivity index is 0.933. The van der Waals surface area contributed by atoms with Crippen LogP contribution in [0, 0.1) is 0 Å². The molecule has 18 aromatic carbocycles. The number of hydrogen-bond acceptors (Lipinski definition) is 2. The van der Waals surface area contributed by atoms with Crippen molar-refractivity contribution in [3.63, 3.8) is 0 Å². The van der Waals surface area contributed by atoms with Gasteiger partial charge in [0.05, 0.1) is 10.8 Å². The summed E-state index contributed by atoms with van der Waals surface area (Å²) in [5.74, 6) is 3.31. The highest BCUT2D eigenvalue weighted by Gasteiger charge is 2.48. The minimum atomic E-state index is -0.731. The summed E-state index contributed by atoms with van der Waals surface area (Å²) in [7, 11) is 0. The maximum atomic E-state index is 7.55.